The maximum atomic E-state index is 12.0. The first-order valence-electron chi connectivity index (χ1n) is 6.61. The third kappa shape index (κ3) is 6.14. The molecule has 5 N–H and O–H groups in total. The molecule has 0 fully saturated rings. The van der Waals surface area contributed by atoms with Gasteiger partial charge in [0.2, 0.25) is 11.8 Å². The maximum Gasteiger partial charge on any atom is 0.240 e. The lowest BCUT2D eigenvalue weighted by Crippen LogP contribution is -2.52. The largest absolute Gasteiger partial charge is 0.368 e. The minimum Gasteiger partial charge on any atom is -0.368 e. The van der Waals surface area contributed by atoms with E-state index >= 15 is 0 Å². The summed E-state index contributed by atoms with van der Waals surface area (Å²) >= 11 is 0. The van der Waals surface area contributed by atoms with E-state index in [-0.39, 0.29) is 24.7 Å². The monoisotopic (exact) mass is 313 g/mol. The summed E-state index contributed by atoms with van der Waals surface area (Å²) in [5.74, 6) is -0.820. The molecule has 0 aromatic heterocycles. The molecule has 6 heteroatoms. The van der Waals surface area contributed by atoms with Crippen LogP contribution in [0.1, 0.15) is 38.8 Å². The first-order valence-corrected chi connectivity index (χ1v) is 6.61. The van der Waals surface area contributed by atoms with Gasteiger partial charge in [0.1, 0.15) is 6.04 Å². The first-order chi connectivity index (χ1) is 9.21. The SMILES string of the molecule is CC(C)(C)C(NC(=O)CC(N)c1ccccc1)C(N)=O.Cl. The van der Waals surface area contributed by atoms with Crippen molar-refractivity contribution in [2.45, 2.75) is 39.3 Å². The number of carbonyl (C=O) groups is 2. The quantitative estimate of drug-likeness (QED) is 0.768. The molecule has 0 spiro atoms. The molecule has 118 valence electrons. The van der Waals surface area contributed by atoms with E-state index in [2.05, 4.69) is 5.32 Å². The molecule has 1 aromatic carbocycles. The number of nitrogens with two attached hydrogens (primary N) is 2. The van der Waals surface area contributed by atoms with Crippen LogP contribution in [0.2, 0.25) is 0 Å². The van der Waals surface area contributed by atoms with Crippen molar-refractivity contribution in [3.05, 3.63) is 35.9 Å². The van der Waals surface area contributed by atoms with E-state index in [1.54, 1.807) is 0 Å². The van der Waals surface area contributed by atoms with Gasteiger partial charge in [-0.1, -0.05) is 51.1 Å². The molecular weight excluding hydrogens is 290 g/mol. The van der Waals surface area contributed by atoms with Crippen LogP contribution in [0, 0.1) is 5.41 Å². The molecule has 0 bridgehead atoms. The maximum absolute atomic E-state index is 12.0. The van der Waals surface area contributed by atoms with Gasteiger partial charge in [-0.05, 0) is 11.0 Å². The van der Waals surface area contributed by atoms with E-state index < -0.39 is 23.4 Å². The van der Waals surface area contributed by atoms with Gasteiger partial charge in [0.25, 0.3) is 0 Å². The zero-order valence-electron chi connectivity index (χ0n) is 12.6. The average molecular weight is 314 g/mol. The first kappa shape index (κ1) is 19.4. The highest BCUT2D eigenvalue weighted by Crippen LogP contribution is 2.20. The van der Waals surface area contributed by atoms with Gasteiger partial charge in [-0.3, -0.25) is 9.59 Å². The third-order valence-corrected chi connectivity index (χ3v) is 3.09. The molecule has 0 aliphatic heterocycles. The molecule has 0 radical (unpaired) electrons. The summed E-state index contributed by atoms with van der Waals surface area (Å²) in [6.07, 6.45) is 0.115. The Morgan fingerprint density at radius 3 is 2.14 bits per heavy atom. The third-order valence-electron chi connectivity index (χ3n) is 3.09. The number of nitrogens with one attached hydrogen (secondary N) is 1. The highest BCUT2D eigenvalue weighted by molar-refractivity contribution is 5.87. The molecule has 5 nitrogen and oxygen atoms in total. The Balaban J connectivity index is 0.00000400. The highest BCUT2D eigenvalue weighted by Gasteiger charge is 2.31. The van der Waals surface area contributed by atoms with E-state index in [9.17, 15) is 9.59 Å². The summed E-state index contributed by atoms with van der Waals surface area (Å²) in [6, 6.07) is 8.25. The van der Waals surface area contributed by atoms with Crippen LogP contribution >= 0.6 is 12.4 Å². The Morgan fingerprint density at radius 1 is 1.19 bits per heavy atom. The van der Waals surface area contributed by atoms with Gasteiger partial charge in [-0.25, -0.2) is 0 Å². The number of hydrogen-bond donors (Lipinski definition) is 3. The molecule has 0 aliphatic rings. The second-order valence-corrected chi connectivity index (χ2v) is 5.99. The Morgan fingerprint density at radius 2 is 1.71 bits per heavy atom. The van der Waals surface area contributed by atoms with Crippen LogP contribution in [0.15, 0.2) is 30.3 Å². The lowest BCUT2D eigenvalue weighted by molar-refractivity contribution is -0.129. The Hall–Kier alpha value is -1.59. The van der Waals surface area contributed by atoms with Gasteiger partial charge in [-0.15, -0.1) is 12.4 Å². The summed E-state index contributed by atoms with van der Waals surface area (Å²) in [5.41, 5.74) is 11.8. The summed E-state index contributed by atoms with van der Waals surface area (Å²) in [6.45, 7) is 5.54. The average Bonchev–Trinajstić information content (AvgIpc) is 2.35. The van der Waals surface area contributed by atoms with Crippen LogP contribution in [0.25, 0.3) is 0 Å². The zero-order valence-corrected chi connectivity index (χ0v) is 13.4. The Bertz CT molecular complexity index is 472. The van der Waals surface area contributed by atoms with E-state index in [4.69, 9.17) is 11.5 Å². The van der Waals surface area contributed by atoms with Crippen LogP contribution < -0.4 is 16.8 Å². The van der Waals surface area contributed by atoms with Crippen molar-refractivity contribution in [2.75, 3.05) is 0 Å². The van der Waals surface area contributed by atoms with Crippen molar-refractivity contribution in [1.29, 1.82) is 0 Å². The highest BCUT2D eigenvalue weighted by atomic mass is 35.5. The van der Waals surface area contributed by atoms with Gasteiger partial charge >= 0.3 is 0 Å². The van der Waals surface area contributed by atoms with Crippen LogP contribution in [-0.2, 0) is 9.59 Å². The smallest absolute Gasteiger partial charge is 0.240 e. The van der Waals surface area contributed by atoms with E-state index in [0.29, 0.717) is 0 Å². The molecule has 2 atom stereocenters. The Labute approximate surface area is 131 Å². The molecule has 0 saturated carbocycles. The number of hydrogen-bond acceptors (Lipinski definition) is 3. The van der Waals surface area contributed by atoms with E-state index in [0.717, 1.165) is 5.56 Å². The molecule has 21 heavy (non-hydrogen) atoms. The van der Waals surface area contributed by atoms with Crippen molar-refractivity contribution in [1.82, 2.24) is 5.32 Å². The van der Waals surface area contributed by atoms with Crippen molar-refractivity contribution in [3.8, 4) is 0 Å². The molecule has 2 amide bonds. The van der Waals surface area contributed by atoms with Crippen molar-refractivity contribution < 1.29 is 9.59 Å². The molecule has 1 aromatic rings. The predicted octanol–water partition coefficient (Wildman–Crippen LogP) is 1.51. The number of benzene rings is 1. The van der Waals surface area contributed by atoms with Gasteiger partial charge in [-0.2, -0.15) is 0 Å². The molecule has 0 aliphatic carbocycles. The standard InChI is InChI=1S/C15H23N3O2.ClH/c1-15(2,3)13(14(17)20)18-12(19)9-11(16)10-7-5-4-6-8-10;/h4-8,11,13H,9,16H2,1-3H3,(H2,17,20)(H,18,19);1H. The summed E-state index contributed by atoms with van der Waals surface area (Å²) in [4.78, 5) is 23.4. The Kier molecular flexibility index (Phi) is 7.39. The van der Waals surface area contributed by atoms with Crippen LogP contribution in [0.4, 0.5) is 0 Å². The van der Waals surface area contributed by atoms with Crippen molar-refractivity contribution in [2.24, 2.45) is 16.9 Å². The molecule has 0 heterocycles. The molecule has 1 rings (SSSR count). The lowest BCUT2D eigenvalue weighted by Gasteiger charge is -2.29. The fraction of sp³-hybridized carbons (Fsp3) is 0.467. The molecular formula is C15H24ClN3O2. The van der Waals surface area contributed by atoms with Gasteiger partial charge in [0.15, 0.2) is 0 Å². The van der Waals surface area contributed by atoms with E-state index in [1.165, 1.54) is 0 Å². The van der Waals surface area contributed by atoms with Crippen LogP contribution in [0.3, 0.4) is 0 Å². The predicted molar refractivity (Wildman–Crippen MR) is 85.8 cm³/mol. The van der Waals surface area contributed by atoms with Gasteiger partial charge in [0.05, 0.1) is 0 Å². The summed E-state index contributed by atoms with van der Waals surface area (Å²) in [5, 5.41) is 2.66. The van der Waals surface area contributed by atoms with Gasteiger partial charge in [0, 0.05) is 12.5 Å². The minimum absolute atomic E-state index is 0. The second kappa shape index (κ2) is 8.00. The lowest BCUT2D eigenvalue weighted by atomic mass is 9.86. The van der Waals surface area contributed by atoms with E-state index in [1.807, 2.05) is 51.1 Å². The normalized spacial score (nSPS) is 13.7. The number of amides is 2. The number of halogens is 1. The summed E-state index contributed by atoms with van der Waals surface area (Å²) in [7, 11) is 0. The zero-order chi connectivity index (χ0) is 15.3. The minimum atomic E-state index is -0.710. The van der Waals surface area contributed by atoms with Crippen LogP contribution in [-0.4, -0.2) is 17.9 Å². The topological polar surface area (TPSA) is 98.2 Å². The second-order valence-electron chi connectivity index (χ2n) is 5.99. The fourth-order valence-corrected chi connectivity index (χ4v) is 1.95. The van der Waals surface area contributed by atoms with Crippen molar-refractivity contribution >= 4 is 24.2 Å². The van der Waals surface area contributed by atoms with Crippen LogP contribution in [0.5, 0.6) is 0 Å². The van der Waals surface area contributed by atoms with Gasteiger partial charge < -0.3 is 16.8 Å². The molecule has 0 saturated heterocycles. The summed E-state index contributed by atoms with van der Waals surface area (Å²) < 4.78 is 0. The molecule has 2 unspecified atom stereocenters. The number of primary amides is 1. The number of carbonyl (C=O) groups excluding carboxylic acids is 2. The fourth-order valence-electron chi connectivity index (χ4n) is 1.95. The number of rotatable bonds is 5. The van der Waals surface area contributed by atoms with Crippen molar-refractivity contribution in [3.63, 3.8) is 0 Å².